The Kier molecular flexibility index (Phi) is 6.54. The molecule has 1 N–H and O–H groups in total. The molecule has 0 aliphatic carbocycles. The number of carbonyl (C=O) groups excluding carboxylic acids is 1. The van der Waals surface area contributed by atoms with Crippen molar-refractivity contribution in [3.05, 3.63) is 59.4 Å². The lowest BCUT2D eigenvalue weighted by Gasteiger charge is -2.18. The van der Waals surface area contributed by atoms with E-state index in [1.165, 1.54) is 11.0 Å². The Morgan fingerprint density at radius 2 is 1.77 bits per heavy atom. The molecule has 7 heteroatoms. The number of aryl methyl sites for hydroxylation is 1. The fraction of sp³-hybridized carbons (Fsp3) is 0.263. The first kappa shape index (κ1) is 19.2. The van der Waals surface area contributed by atoms with Crippen LogP contribution in [0.1, 0.15) is 11.1 Å². The summed E-state index contributed by atoms with van der Waals surface area (Å²) in [6.45, 7) is 1.46. The number of likely N-dealkylation sites (N-methyl/N-ethyl adjacent to an activating group) is 1. The first-order valence-corrected chi connectivity index (χ1v) is 7.91. The van der Waals surface area contributed by atoms with E-state index < -0.39 is 18.4 Å². The highest BCUT2D eigenvalue weighted by Gasteiger charge is 2.12. The summed E-state index contributed by atoms with van der Waals surface area (Å²) < 4.78 is 23.9. The van der Waals surface area contributed by atoms with Gasteiger partial charge in [0.2, 0.25) is 0 Å². The normalized spacial score (nSPS) is 10.3. The van der Waals surface area contributed by atoms with Gasteiger partial charge in [-0.1, -0.05) is 18.2 Å². The summed E-state index contributed by atoms with van der Waals surface area (Å²) in [5.74, 6) is -1.38. The van der Waals surface area contributed by atoms with Crippen molar-refractivity contribution in [3.63, 3.8) is 0 Å². The number of hydrogen-bond donors (Lipinski definition) is 1. The van der Waals surface area contributed by atoms with Gasteiger partial charge in [0.25, 0.3) is 5.91 Å². The first-order chi connectivity index (χ1) is 12.3. The number of halogens is 1. The number of carboxylic acid groups (broad SMARTS) is 1. The summed E-state index contributed by atoms with van der Waals surface area (Å²) in [4.78, 5) is 24.1. The molecule has 2 aromatic carbocycles. The molecule has 0 saturated heterocycles. The van der Waals surface area contributed by atoms with E-state index in [4.69, 9.17) is 14.6 Å². The second kappa shape index (κ2) is 8.84. The predicted molar refractivity (Wildman–Crippen MR) is 92.7 cm³/mol. The quantitative estimate of drug-likeness (QED) is 0.782. The minimum atomic E-state index is -1.05. The summed E-state index contributed by atoms with van der Waals surface area (Å²) in [5, 5.41) is 8.57. The van der Waals surface area contributed by atoms with E-state index in [1.807, 2.05) is 6.92 Å². The molecule has 0 aliphatic heterocycles. The summed E-state index contributed by atoms with van der Waals surface area (Å²) in [7, 11) is 1.62. The molecular weight excluding hydrogens is 341 g/mol. The van der Waals surface area contributed by atoms with Gasteiger partial charge in [0.1, 0.15) is 5.75 Å². The summed E-state index contributed by atoms with van der Waals surface area (Å²) in [6.07, 6.45) is 0. The molecule has 0 bridgehead atoms. The minimum Gasteiger partial charge on any atom is -0.482 e. The number of rotatable bonds is 8. The summed E-state index contributed by atoms with van der Waals surface area (Å²) in [6, 6.07) is 11.2. The molecule has 2 rings (SSSR count). The Morgan fingerprint density at radius 1 is 1.08 bits per heavy atom. The van der Waals surface area contributed by atoms with E-state index in [0.717, 1.165) is 11.1 Å². The second-order valence-electron chi connectivity index (χ2n) is 5.80. The number of amides is 1. The van der Waals surface area contributed by atoms with Gasteiger partial charge in [-0.2, -0.15) is 0 Å². The number of hydrogen-bond acceptors (Lipinski definition) is 4. The maximum atomic E-state index is 13.6. The van der Waals surface area contributed by atoms with Gasteiger partial charge < -0.3 is 19.5 Å². The van der Waals surface area contributed by atoms with Crippen molar-refractivity contribution in [3.8, 4) is 11.5 Å². The topological polar surface area (TPSA) is 76.1 Å². The van der Waals surface area contributed by atoms with E-state index in [0.29, 0.717) is 12.3 Å². The van der Waals surface area contributed by atoms with Crippen LogP contribution in [0.4, 0.5) is 4.39 Å². The van der Waals surface area contributed by atoms with Crippen molar-refractivity contribution in [2.24, 2.45) is 0 Å². The van der Waals surface area contributed by atoms with E-state index in [1.54, 1.807) is 43.4 Å². The predicted octanol–water partition coefficient (Wildman–Crippen LogP) is 2.63. The van der Waals surface area contributed by atoms with Gasteiger partial charge in [-0.05, 0) is 42.3 Å². The Labute approximate surface area is 150 Å². The fourth-order valence-corrected chi connectivity index (χ4v) is 2.17. The maximum Gasteiger partial charge on any atom is 0.341 e. The summed E-state index contributed by atoms with van der Waals surface area (Å²) >= 11 is 0. The first-order valence-electron chi connectivity index (χ1n) is 7.91. The molecule has 0 fully saturated rings. The van der Waals surface area contributed by atoms with E-state index in [9.17, 15) is 14.0 Å². The van der Waals surface area contributed by atoms with E-state index in [2.05, 4.69) is 0 Å². The number of ether oxygens (including phenoxy) is 2. The van der Waals surface area contributed by atoms with Gasteiger partial charge >= 0.3 is 5.97 Å². The number of aliphatic carboxylic acids is 1. The monoisotopic (exact) mass is 361 g/mol. The molecule has 0 aromatic heterocycles. The van der Waals surface area contributed by atoms with Crippen molar-refractivity contribution in [2.45, 2.75) is 13.5 Å². The van der Waals surface area contributed by atoms with Gasteiger partial charge in [0, 0.05) is 13.6 Å². The zero-order valence-electron chi connectivity index (χ0n) is 14.6. The largest absolute Gasteiger partial charge is 0.482 e. The average Bonchev–Trinajstić information content (AvgIpc) is 2.61. The van der Waals surface area contributed by atoms with Crippen molar-refractivity contribution in [2.75, 3.05) is 20.3 Å². The molecule has 0 atom stereocenters. The molecule has 0 spiro atoms. The van der Waals surface area contributed by atoms with Crippen LogP contribution in [0, 0.1) is 12.7 Å². The van der Waals surface area contributed by atoms with Crippen molar-refractivity contribution in [1.82, 2.24) is 4.90 Å². The Morgan fingerprint density at radius 3 is 2.42 bits per heavy atom. The molecule has 6 nitrogen and oxygen atoms in total. The number of carboxylic acids is 1. The van der Waals surface area contributed by atoms with E-state index in [-0.39, 0.29) is 18.3 Å². The van der Waals surface area contributed by atoms with Crippen molar-refractivity contribution >= 4 is 11.9 Å². The van der Waals surface area contributed by atoms with Crippen molar-refractivity contribution < 1.29 is 28.6 Å². The third kappa shape index (κ3) is 5.77. The number of nitrogens with zero attached hydrogens (tertiary/aromatic N) is 1. The van der Waals surface area contributed by atoms with Crippen LogP contribution in [0.15, 0.2) is 42.5 Å². The van der Waals surface area contributed by atoms with Gasteiger partial charge in [0.15, 0.2) is 24.8 Å². The molecule has 26 heavy (non-hydrogen) atoms. The minimum absolute atomic E-state index is 0.0479. The highest BCUT2D eigenvalue weighted by Crippen LogP contribution is 2.18. The maximum absolute atomic E-state index is 13.6. The lowest BCUT2D eigenvalue weighted by Crippen LogP contribution is -2.31. The highest BCUT2D eigenvalue weighted by atomic mass is 19.1. The molecule has 0 heterocycles. The smallest absolute Gasteiger partial charge is 0.341 e. The average molecular weight is 361 g/mol. The molecule has 0 radical (unpaired) electrons. The van der Waals surface area contributed by atoms with Gasteiger partial charge in [0.05, 0.1) is 0 Å². The van der Waals surface area contributed by atoms with Crippen LogP contribution in [0.25, 0.3) is 0 Å². The molecule has 0 saturated carbocycles. The molecule has 0 unspecified atom stereocenters. The zero-order chi connectivity index (χ0) is 19.1. The van der Waals surface area contributed by atoms with Crippen LogP contribution in [0.3, 0.4) is 0 Å². The van der Waals surface area contributed by atoms with Crippen LogP contribution >= 0.6 is 0 Å². The van der Waals surface area contributed by atoms with Crippen LogP contribution in [-0.2, 0) is 16.1 Å². The fourth-order valence-electron chi connectivity index (χ4n) is 2.17. The third-order valence-corrected chi connectivity index (χ3v) is 3.57. The molecule has 2 aromatic rings. The Hall–Kier alpha value is -3.09. The lowest BCUT2D eigenvalue weighted by molar-refractivity contribution is -0.139. The van der Waals surface area contributed by atoms with Crippen molar-refractivity contribution in [1.29, 1.82) is 0 Å². The van der Waals surface area contributed by atoms with Gasteiger partial charge in [-0.25, -0.2) is 9.18 Å². The van der Waals surface area contributed by atoms with Gasteiger partial charge in [-0.3, -0.25) is 4.79 Å². The SMILES string of the molecule is Cc1ccc(F)c(OCC(=O)N(C)Cc2ccc(OCC(=O)O)cc2)c1. The van der Waals surface area contributed by atoms with Crippen LogP contribution in [0.2, 0.25) is 0 Å². The van der Waals surface area contributed by atoms with Crippen LogP contribution in [0.5, 0.6) is 11.5 Å². The molecule has 138 valence electrons. The zero-order valence-corrected chi connectivity index (χ0v) is 14.6. The summed E-state index contributed by atoms with van der Waals surface area (Å²) in [5.41, 5.74) is 1.68. The highest BCUT2D eigenvalue weighted by molar-refractivity contribution is 5.77. The Balaban J connectivity index is 1.86. The second-order valence-corrected chi connectivity index (χ2v) is 5.80. The third-order valence-electron chi connectivity index (χ3n) is 3.57. The molecular formula is C19H20FNO5. The molecule has 0 aliphatic rings. The van der Waals surface area contributed by atoms with Crippen LogP contribution in [-0.4, -0.2) is 42.1 Å². The standard InChI is InChI=1S/C19H20FNO5/c1-13-3-8-16(20)17(9-13)26-11-18(22)21(2)10-14-4-6-15(7-5-14)25-12-19(23)24/h3-9H,10-12H2,1-2H3,(H,23,24). The molecule has 1 amide bonds. The number of benzene rings is 2. The van der Waals surface area contributed by atoms with Crippen LogP contribution < -0.4 is 9.47 Å². The Bertz CT molecular complexity index is 776. The number of carbonyl (C=O) groups is 2. The van der Waals surface area contributed by atoms with E-state index >= 15 is 0 Å². The lowest BCUT2D eigenvalue weighted by atomic mass is 10.2. The van der Waals surface area contributed by atoms with Gasteiger partial charge in [-0.15, -0.1) is 0 Å².